The number of carbonyl (C=O) groups is 3. The van der Waals surface area contributed by atoms with Gasteiger partial charge in [-0.1, -0.05) is 19.3 Å². The van der Waals surface area contributed by atoms with Gasteiger partial charge in [0.1, 0.15) is 12.3 Å². The molecule has 7 nitrogen and oxygen atoms in total. The zero-order valence-corrected chi connectivity index (χ0v) is 18.1. The highest BCUT2D eigenvalue weighted by molar-refractivity contribution is 5.88. The molecule has 0 bridgehead atoms. The number of ether oxygens (including phenoxy) is 1. The van der Waals surface area contributed by atoms with E-state index < -0.39 is 17.4 Å². The lowest BCUT2D eigenvalue weighted by Gasteiger charge is -2.42. The highest BCUT2D eigenvalue weighted by atomic mass is 16.5. The zero-order chi connectivity index (χ0) is 21.1. The van der Waals surface area contributed by atoms with Crippen LogP contribution >= 0.6 is 0 Å². The molecule has 3 aliphatic rings. The Morgan fingerprint density at radius 1 is 1.14 bits per heavy atom. The number of hydrogen-bond acceptors (Lipinski definition) is 6. The second-order valence-electron chi connectivity index (χ2n) is 10.2. The molecule has 0 aromatic rings. The molecule has 0 aromatic heterocycles. The third kappa shape index (κ3) is 5.18. The molecule has 164 valence electrons. The van der Waals surface area contributed by atoms with Gasteiger partial charge in [-0.25, -0.2) is 4.79 Å². The van der Waals surface area contributed by atoms with E-state index in [1.54, 1.807) is 0 Å². The van der Waals surface area contributed by atoms with Crippen LogP contribution in [0.5, 0.6) is 0 Å². The van der Waals surface area contributed by atoms with Gasteiger partial charge < -0.3 is 25.5 Å². The molecule has 3 fully saturated rings. The first-order valence-electron chi connectivity index (χ1n) is 11.1. The van der Waals surface area contributed by atoms with Crippen molar-refractivity contribution in [3.05, 3.63) is 0 Å². The predicted octanol–water partition coefficient (Wildman–Crippen LogP) is 1.69. The number of aldehydes is 1. The van der Waals surface area contributed by atoms with Gasteiger partial charge in [0.25, 0.3) is 0 Å². The summed E-state index contributed by atoms with van der Waals surface area (Å²) in [7, 11) is 1.32. The van der Waals surface area contributed by atoms with Crippen LogP contribution in [-0.4, -0.2) is 56.0 Å². The summed E-state index contributed by atoms with van der Waals surface area (Å²) < 4.78 is 4.95. The van der Waals surface area contributed by atoms with Crippen molar-refractivity contribution in [3.8, 4) is 0 Å². The Morgan fingerprint density at radius 2 is 1.86 bits per heavy atom. The van der Waals surface area contributed by atoms with E-state index in [9.17, 15) is 14.4 Å². The van der Waals surface area contributed by atoms with E-state index in [1.807, 2.05) is 0 Å². The molecule has 1 amide bonds. The molecule has 0 radical (unpaired) electrons. The van der Waals surface area contributed by atoms with Gasteiger partial charge in [0.15, 0.2) is 0 Å². The monoisotopic (exact) mass is 407 g/mol. The Kier molecular flexibility index (Phi) is 6.68. The van der Waals surface area contributed by atoms with E-state index in [2.05, 4.69) is 29.8 Å². The quantitative estimate of drug-likeness (QED) is 0.458. The summed E-state index contributed by atoms with van der Waals surface area (Å²) in [5.41, 5.74) is -0.474. The number of carbonyl (C=O) groups excluding carboxylic acids is 3. The highest BCUT2D eigenvalue weighted by Gasteiger charge is 2.45. The fourth-order valence-corrected chi connectivity index (χ4v) is 5.28. The highest BCUT2D eigenvalue weighted by Crippen LogP contribution is 2.43. The summed E-state index contributed by atoms with van der Waals surface area (Å²) in [6, 6.07) is -1.10. The maximum atomic E-state index is 13.0. The van der Waals surface area contributed by atoms with Gasteiger partial charge in [-0.05, 0) is 57.8 Å². The van der Waals surface area contributed by atoms with E-state index in [0.29, 0.717) is 13.0 Å². The molecule has 3 rings (SSSR count). The molecule has 29 heavy (non-hydrogen) atoms. The number of hydrogen-bond donors (Lipinski definition) is 3. The van der Waals surface area contributed by atoms with Crippen LogP contribution < -0.4 is 16.0 Å². The van der Waals surface area contributed by atoms with E-state index in [1.165, 1.54) is 39.2 Å². The van der Waals surface area contributed by atoms with Crippen LogP contribution in [0, 0.1) is 10.8 Å². The van der Waals surface area contributed by atoms with Gasteiger partial charge in [0.2, 0.25) is 5.91 Å². The first-order valence-corrected chi connectivity index (χ1v) is 11.1. The second-order valence-corrected chi connectivity index (χ2v) is 10.2. The van der Waals surface area contributed by atoms with E-state index in [-0.39, 0.29) is 29.3 Å². The lowest BCUT2D eigenvalue weighted by Crippen LogP contribution is -2.56. The van der Waals surface area contributed by atoms with Crippen LogP contribution in [0.25, 0.3) is 0 Å². The SMILES string of the molecule is COC(=O)[C@H](CC1(C=O)CCC(C)(C)NC1)NC(=O)C1CC2(CCCCC2)CN1. The average Bonchev–Trinajstić information content (AvgIpc) is 3.12. The van der Waals surface area contributed by atoms with Gasteiger partial charge in [-0.2, -0.15) is 0 Å². The first kappa shape index (κ1) is 22.2. The third-order valence-corrected chi connectivity index (χ3v) is 7.42. The van der Waals surface area contributed by atoms with Gasteiger partial charge in [0.05, 0.1) is 13.2 Å². The van der Waals surface area contributed by atoms with Crippen LogP contribution in [0.3, 0.4) is 0 Å². The maximum Gasteiger partial charge on any atom is 0.328 e. The topological polar surface area (TPSA) is 96.5 Å². The van der Waals surface area contributed by atoms with Crippen molar-refractivity contribution in [1.29, 1.82) is 0 Å². The maximum absolute atomic E-state index is 13.0. The summed E-state index contributed by atoms with van der Waals surface area (Å²) in [4.78, 5) is 37.3. The largest absolute Gasteiger partial charge is 0.467 e. The minimum Gasteiger partial charge on any atom is -0.467 e. The van der Waals surface area contributed by atoms with Crippen molar-refractivity contribution in [2.24, 2.45) is 10.8 Å². The molecule has 1 saturated carbocycles. The molecule has 3 N–H and O–H groups in total. The van der Waals surface area contributed by atoms with Gasteiger partial charge in [0, 0.05) is 24.0 Å². The molecule has 2 saturated heterocycles. The summed E-state index contributed by atoms with van der Waals surface area (Å²) in [5, 5.41) is 9.67. The van der Waals surface area contributed by atoms with Crippen molar-refractivity contribution in [2.45, 2.75) is 89.3 Å². The van der Waals surface area contributed by atoms with Crippen LogP contribution in [-0.2, 0) is 19.1 Å². The molecule has 2 aliphatic heterocycles. The fourth-order valence-electron chi connectivity index (χ4n) is 5.28. The predicted molar refractivity (Wildman–Crippen MR) is 110 cm³/mol. The van der Waals surface area contributed by atoms with E-state index in [4.69, 9.17) is 4.74 Å². The Hall–Kier alpha value is -1.47. The number of esters is 1. The summed E-state index contributed by atoms with van der Waals surface area (Å²) >= 11 is 0. The normalized spacial score (nSPS) is 31.8. The summed E-state index contributed by atoms with van der Waals surface area (Å²) in [5.74, 6) is -0.650. The Labute approximate surface area is 174 Å². The van der Waals surface area contributed by atoms with Crippen LogP contribution in [0.1, 0.15) is 71.6 Å². The molecule has 1 aliphatic carbocycles. The fraction of sp³-hybridized carbons (Fsp3) is 0.864. The second kappa shape index (κ2) is 8.72. The molecule has 1 spiro atoms. The summed E-state index contributed by atoms with van der Waals surface area (Å²) in [6.45, 7) is 5.57. The lowest BCUT2D eigenvalue weighted by molar-refractivity contribution is -0.146. The molecular weight excluding hydrogens is 370 g/mol. The minimum atomic E-state index is -0.814. The molecule has 3 atom stereocenters. The van der Waals surface area contributed by atoms with Crippen molar-refractivity contribution in [1.82, 2.24) is 16.0 Å². The third-order valence-electron chi connectivity index (χ3n) is 7.42. The smallest absolute Gasteiger partial charge is 0.328 e. The van der Waals surface area contributed by atoms with E-state index in [0.717, 1.165) is 25.7 Å². The molecule has 0 aromatic carbocycles. The zero-order valence-electron chi connectivity index (χ0n) is 18.1. The Bertz CT molecular complexity index is 618. The standard InChI is InChI=1S/C22H37N3O4/c1-20(2)9-10-22(15-26,14-24-20)12-17(19(28)29-3)25-18(27)16-11-21(13-23-16)7-5-4-6-8-21/h15-17,23-24H,4-14H2,1-3H3,(H,25,27)/t16?,17-,22?/m0/s1. The van der Waals surface area contributed by atoms with Crippen molar-refractivity contribution in [2.75, 3.05) is 20.2 Å². The number of nitrogens with one attached hydrogen (secondary N) is 3. The van der Waals surface area contributed by atoms with Crippen LogP contribution in [0.4, 0.5) is 0 Å². The van der Waals surface area contributed by atoms with Gasteiger partial charge in [-0.15, -0.1) is 0 Å². The number of methoxy groups -OCH3 is 1. The Balaban J connectivity index is 1.64. The van der Waals surface area contributed by atoms with Gasteiger partial charge >= 0.3 is 5.97 Å². The average molecular weight is 408 g/mol. The van der Waals surface area contributed by atoms with Crippen LogP contribution in [0.2, 0.25) is 0 Å². The first-order chi connectivity index (χ1) is 13.7. The number of amides is 1. The van der Waals surface area contributed by atoms with Crippen molar-refractivity contribution < 1.29 is 19.1 Å². The van der Waals surface area contributed by atoms with Gasteiger partial charge in [-0.3, -0.25) is 4.79 Å². The minimum absolute atomic E-state index is 0.0292. The van der Waals surface area contributed by atoms with E-state index >= 15 is 0 Å². The number of piperidine rings is 1. The molecule has 2 heterocycles. The molecule has 7 heteroatoms. The van der Waals surface area contributed by atoms with Crippen LogP contribution in [0.15, 0.2) is 0 Å². The van der Waals surface area contributed by atoms with Crippen molar-refractivity contribution >= 4 is 18.2 Å². The van der Waals surface area contributed by atoms with Crippen molar-refractivity contribution in [3.63, 3.8) is 0 Å². The Morgan fingerprint density at radius 3 is 2.45 bits per heavy atom. The molecule has 2 unspecified atom stereocenters. The number of rotatable bonds is 6. The molecular formula is C22H37N3O4. The lowest BCUT2D eigenvalue weighted by atomic mass is 9.72. The summed E-state index contributed by atoms with van der Waals surface area (Å²) in [6.07, 6.45) is 9.61.